The van der Waals surface area contributed by atoms with Gasteiger partial charge in [0.15, 0.2) is 0 Å². The molecule has 0 fully saturated rings. The third kappa shape index (κ3) is 10.4. The van der Waals surface area contributed by atoms with Gasteiger partial charge >= 0.3 is 6.18 Å². The Balaban J connectivity index is 3.35. The molecule has 0 aromatic carbocycles. The molecule has 0 aliphatic heterocycles. The number of rotatable bonds is 6. The second-order valence-corrected chi connectivity index (χ2v) is 5.03. The average molecular weight is 308 g/mol. The maximum atomic E-state index is 11.9. The molecule has 0 heterocycles. The lowest BCUT2D eigenvalue weighted by Crippen LogP contribution is -2.14. The van der Waals surface area contributed by atoms with Crippen LogP contribution < -0.4 is 0 Å². The van der Waals surface area contributed by atoms with Crippen molar-refractivity contribution < 1.29 is 13.2 Å². The highest BCUT2D eigenvalue weighted by molar-refractivity contribution is 14.1. The average Bonchev–Trinajstić information content (AvgIpc) is 1.94. The molecule has 1 unspecified atom stereocenters. The maximum Gasteiger partial charge on any atom is 0.390 e. The van der Waals surface area contributed by atoms with Gasteiger partial charge in [-0.25, -0.2) is 0 Å². The molecule has 0 spiro atoms. The van der Waals surface area contributed by atoms with E-state index in [-0.39, 0.29) is 3.92 Å². The molecule has 0 aliphatic carbocycles. The summed E-state index contributed by atoms with van der Waals surface area (Å²) in [6, 6.07) is 0. The van der Waals surface area contributed by atoms with Crippen LogP contribution in [0.1, 0.15) is 45.4 Å². The fourth-order valence-electron chi connectivity index (χ4n) is 1.15. The van der Waals surface area contributed by atoms with E-state index in [9.17, 15) is 13.2 Å². The summed E-state index contributed by atoms with van der Waals surface area (Å²) in [5.74, 6) is 0. The van der Waals surface area contributed by atoms with Gasteiger partial charge in [-0.15, -0.1) is 0 Å². The Bertz CT molecular complexity index is 123. The Kier molecular flexibility index (Phi) is 7.17. The highest BCUT2D eigenvalue weighted by Gasteiger charge is 2.30. The first-order valence-electron chi connectivity index (χ1n) is 4.66. The van der Waals surface area contributed by atoms with Crippen molar-refractivity contribution >= 4 is 22.6 Å². The van der Waals surface area contributed by atoms with Crippen molar-refractivity contribution in [3.8, 4) is 0 Å². The van der Waals surface area contributed by atoms with E-state index in [1.54, 1.807) is 0 Å². The summed E-state index contributed by atoms with van der Waals surface area (Å²) in [6.45, 7) is 2.09. The van der Waals surface area contributed by atoms with Crippen LogP contribution in [0.15, 0.2) is 0 Å². The van der Waals surface area contributed by atoms with Gasteiger partial charge in [0.1, 0.15) is 0 Å². The van der Waals surface area contributed by atoms with Gasteiger partial charge in [-0.1, -0.05) is 55.2 Å². The molecule has 0 aromatic rings. The molecule has 0 rings (SSSR count). The smallest absolute Gasteiger partial charge is 0.171 e. The third-order valence-electron chi connectivity index (χ3n) is 1.82. The van der Waals surface area contributed by atoms with Crippen LogP contribution in [-0.2, 0) is 0 Å². The number of hydrogen-bond acceptors (Lipinski definition) is 0. The quantitative estimate of drug-likeness (QED) is 0.378. The summed E-state index contributed by atoms with van der Waals surface area (Å²) in [5.41, 5.74) is 0. The van der Waals surface area contributed by atoms with Crippen LogP contribution in [0, 0.1) is 0 Å². The minimum atomic E-state index is -3.99. The van der Waals surface area contributed by atoms with E-state index in [2.05, 4.69) is 6.92 Å². The summed E-state index contributed by atoms with van der Waals surface area (Å²) in [5, 5.41) is 0. The first-order valence-corrected chi connectivity index (χ1v) is 5.91. The maximum absolute atomic E-state index is 11.9. The third-order valence-corrected chi connectivity index (χ3v) is 2.89. The Morgan fingerprint density at radius 1 is 1.15 bits per heavy atom. The summed E-state index contributed by atoms with van der Waals surface area (Å²) in [6.07, 6.45) is 0.322. The molecule has 0 aromatic heterocycles. The number of alkyl halides is 4. The molecule has 0 radical (unpaired) electrons. The molecule has 13 heavy (non-hydrogen) atoms. The van der Waals surface area contributed by atoms with Crippen molar-refractivity contribution in [3.05, 3.63) is 0 Å². The fourth-order valence-corrected chi connectivity index (χ4v) is 2.09. The van der Waals surface area contributed by atoms with Gasteiger partial charge in [-0.05, 0) is 6.42 Å². The minimum Gasteiger partial charge on any atom is -0.171 e. The van der Waals surface area contributed by atoms with Crippen LogP contribution in [0.25, 0.3) is 0 Å². The SMILES string of the molecule is CCCCCCC(I)CC(F)(F)F. The Morgan fingerprint density at radius 2 is 1.77 bits per heavy atom. The van der Waals surface area contributed by atoms with Crippen molar-refractivity contribution in [2.75, 3.05) is 0 Å². The van der Waals surface area contributed by atoms with Gasteiger partial charge in [0, 0.05) is 3.92 Å². The summed E-state index contributed by atoms with van der Waals surface area (Å²) in [4.78, 5) is 0. The van der Waals surface area contributed by atoms with E-state index in [0.717, 1.165) is 25.7 Å². The van der Waals surface area contributed by atoms with E-state index in [1.165, 1.54) is 0 Å². The van der Waals surface area contributed by atoms with E-state index < -0.39 is 12.6 Å². The second-order valence-electron chi connectivity index (χ2n) is 3.27. The normalized spacial score (nSPS) is 14.5. The Morgan fingerprint density at radius 3 is 2.23 bits per heavy atom. The molecule has 0 N–H and O–H groups in total. The lowest BCUT2D eigenvalue weighted by molar-refractivity contribution is -0.133. The first kappa shape index (κ1) is 13.5. The summed E-state index contributed by atoms with van der Waals surface area (Å²) < 4.78 is 35.4. The summed E-state index contributed by atoms with van der Waals surface area (Å²) >= 11 is 1.90. The van der Waals surface area contributed by atoms with Gasteiger partial charge in [0.2, 0.25) is 0 Å². The molecular formula is C9H16F3I. The van der Waals surface area contributed by atoms with E-state index >= 15 is 0 Å². The molecule has 1 atom stereocenters. The van der Waals surface area contributed by atoms with Gasteiger partial charge < -0.3 is 0 Å². The molecule has 0 nitrogen and oxygen atoms in total. The fraction of sp³-hybridized carbons (Fsp3) is 1.00. The summed E-state index contributed by atoms with van der Waals surface area (Å²) in [7, 11) is 0. The lowest BCUT2D eigenvalue weighted by Gasteiger charge is -2.11. The molecule has 0 saturated carbocycles. The minimum absolute atomic E-state index is 0.241. The zero-order valence-electron chi connectivity index (χ0n) is 7.83. The van der Waals surface area contributed by atoms with Gasteiger partial charge in [-0.2, -0.15) is 13.2 Å². The van der Waals surface area contributed by atoms with Crippen molar-refractivity contribution in [1.29, 1.82) is 0 Å². The van der Waals surface area contributed by atoms with Crippen molar-refractivity contribution in [2.24, 2.45) is 0 Å². The van der Waals surface area contributed by atoms with Gasteiger partial charge in [0.25, 0.3) is 0 Å². The van der Waals surface area contributed by atoms with E-state index in [0.29, 0.717) is 6.42 Å². The van der Waals surface area contributed by atoms with Gasteiger partial charge in [0.05, 0.1) is 6.42 Å². The zero-order valence-corrected chi connectivity index (χ0v) is 9.99. The number of unbranched alkanes of at least 4 members (excludes halogenated alkanes) is 3. The number of hydrogen-bond donors (Lipinski definition) is 0. The predicted octanol–water partition coefficient (Wildman–Crippen LogP) is 4.71. The van der Waals surface area contributed by atoms with Crippen LogP contribution in [0.2, 0.25) is 0 Å². The molecule has 0 amide bonds. The molecule has 4 heteroatoms. The second kappa shape index (κ2) is 6.90. The highest BCUT2D eigenvalue weighted by atomic mass is 127. The Labute approximate surface area is 91.4 Å². The standard InChI is InChI=1S/C9H16F3I/c1-2-3-4-5-6-8(13)7-9(10,11)12/h8H,2-7H2,1H3. The van der Waals surface area contributed by atoms with Crippen LogP contribution in [0.4, 0.5) is 13.2 Å². The van der Waals surface area contributed by atoms with E-state index in [1.807, 2.05) is 22.6 Å². The predicted molar refractivity (Wildman–Crippen MR) is 57.2 cm³/mol. The molecule has 0 bridgehead atoms. The topological polar surface area (TPSA) is 0 Å². The highest BCUT2D eigenvalue weighted by Crippen LogP contribution is 2.28. The van der Waals surface area contributed by atoms with E-state index in [4.69, 9.17) is 0 Å². The van der Waals surface area contributed by atoms with Crippen molar-refractivity contribution in [3.63, 3.8) is 0 Å². The van der Waals surface area contributed by atoms with Crippen molar-refractivity contribution in [1.82, 2.24) is 0 Å². The van der Waals surface area contributed by atoms with Crippen LogP contribution >= 0.6 is 22.6 Å². The lowest BCUT2D eigenvalue weighted by atomic mass is 10.1. The largest absolute Gasteiger partial charge is 0.390 e. The van der Waals surface area contributed by atoms with Crippen LogP contribution in [0.3, 0.4) is 0 Å². The van der Waals surface area contributed by atoms with Gasteiger partial charge in [-0.3, -0.25) is 0 Å². The molecule has 0 saturated heterocycles. The first-order chi connectivity index (χ1) is 5.95. The monoisotopic (exact) mass is 308 g/mol. The molecule has 0 aliphatic rings. The van der Waals surface area contributed by atoms with Crippen LogP contribution in [-0.4, -0.2) is 10.1 Å². The van der Waals surface area contributed by atoms with Crippen molar-refractivity contribution in [2.45, 2.75) is 55.5 Å². The van der Waals surface area contributed by atoms with Crippen LogP contribution in [0.5, 0.6) is 0 Å². The zero-order chi connectivity index (χ0) is 10.3. The number of halogens is 4. The molecule has 80 valence electrons. The molecular weight excluding hydrogens is 292 g/mol. The Hall–Kier alpha value is 0.520.